The minimum absolute atomic E-state index is 0.00662. The van der Waals surface area contributed by atoms with Crippen LogP contribution in [0.1, 0.15) is 5.56 Å². The topological polar surface area (TPSA) is 91.2 Å². The van der Waals surface area contributed by atoms with E-state index in [2.05, 4.69) is 0 Å². The summed E-state index contributed by atoms with van der Waals surface area (Å²) in [5.41, 5.74) is 7.02. The Bertz CT molecular complexity index is 692. The van der Waals surface area contributed by atoms with E-state index in [0.717, 1.165) is 0 Å². The number of nitrogens with two attached hydrogens (primary N) is 1. The molecule has 2 aromatic rings. The van der Waals surface area contributed by atoms with E-state index in [1.165, 1.54) is 16.7 Å². The second-order valence-corrected chi connectivity index (χ2v) is 4.12. The van der Waals surface area contributed by atoms with Gasteiger partial charge < -0.3 is 10.3 Å². The lowest BCUT2D eigenvalue weighted by Gasteiger charge is -2.09. The highest BCUT2D eigenvalue weighted by molar-refractivity contribution is 5.63. The fourth-order valence-electron chi connectivity index (χ4n) is 1.91. The van der Waals surface area contributed by atoms with Gasteiger partial charge in [0, 0.05) is 36.9 Å². The van der Waals surface area contributed by atoms with E-state index in [1.54, 1.807) is 31.3 Å². The Kier molecular flexibility index (Phi) is 3.43. The van der Waals surface area contributed by atoms with Crippen LogP contribution in [0, 0.1) is 10.1 Å². The Hall–Kier alpha value is -2.47. The van der Waals surface area contributed by atoms with E-state index in [1.807, 2.05) is 0 Å². The molecule has 0 radical (unpaired) electrons. The van der Waals surface area contributed by atoms with Crippen molar-refractivity contribution in [2.75, 3.05) is 0 Å². The zero-order valence-electron chi connectivity index (χ0n) is 10.4. The largest absolute Gasteiger partial charge is 0.326 e. The second-order valence-electron chi connectivity index (χ2n) is 4.12. The van der Waals surface area contributed by atoms with Crippen LogP contribution in [0.25, 0.3) is 11.3 Å². The molecule has 0 saturated heterocycles. The fraction of sp³-hybridized carbons (Fsp3) is 0.154. The first-order valence-electron chi connectivity index (χ1n) is 5.68. The van der Waals surface area contributed by atoms with Crippen LogP contribution in [-0.4, -0.2) is 9.49 Å². The zero-order valence-corrected chi connectivity index (χ0v) is 10.4. The molecule has 0 aliphatic carbocycles. The third-order valence-electron chi connectivity index (χ3n) is 2.96. The molecule has 1 heterocycles. The molecule has 2 N–H and O–H groups in total. The van der Waals surface area contributed by atoms with Crippen LogP contribution in [0.15, 0.2) is 41.2 Å². The molecule has 2 rings (SSSR count). The van der Waals surface area contributed by atoms with Crippen molar-refractivity contribution >= 4 is 5.69 Å². The molecular weight excluding hydrogens is 246 g/mol. The Morgan fingerprint density at radius 2 is 2.05 bits per heavy atom. The van der Waals surface area contributed by atoms with E-state index in [0.29, 0.717) is 16.8 Å². The SMILES string of the molecule is Cn1c(-c2cccc([N+](=O)[O-])c2)ccc(CN)c1=O. The summed E-state index contributed by atoms with van der Waals surface area (Å²) in [5.74, 6) is 0. The van der Waals surface area contributed by atoms with Crippen molar-refractivity contribution in [1.82, 2.24) is 4.57 Å². The van der Waals surface area contributed by atoms with Crippen LogP contribution in [0.3, 0.4) is 0 Å². The van der Waals surface area contributed by atoms with Gasteiger partial charge in [-0.2, -0.15) is 0 Å². The van der Waals surface area contributed by atoms with Crippen molar-refractivity contribution in [2.45, 2.75) is 6.54 Å². The molecule has 0 unspecified atom stereocenters. The van der Waals surface area contributed by atoms with Gasteiger partial charge in [-0.05, 0) is 6.07 Å². The Labute approximate surface area is 109 Å². The van der Waals surface area contributed by atoms with E-state index < -0.39 is 4.92 Å². The van der Waals surface area contributed by atoms with Gasteiger partial charge in [-0.3, -0.25) is 14.9 Å². The average Bonchev–Trinajstić information content (AvgIpc) is 2.42. The summed E-state index contributed by atoms with van der Waals surface area (Å²) in [5, 5.41) is 10.8. The molecular formula is C13H13N3O3. The predicted molar refractivity (Wildman–Crippen MR) is 71.7 cm³/mol. The van der Waals surface area contributed by atoms with Crippen LogP contribution in [0.2, 0.25) is 0 Å². The predicted octanol–water partition coefficient (Wildman–Crippen LogP) is 1.42. The fourth-order valence-corrected chi connectivity index (χ4v) is 1.91. The van der Waals surface area contributed by atoms with Crippen LogP contribution in [0.5, 0.6) is 0 Å². The number of rotatable bonds is 3. The minimum Gasteiger partial charge on any atom is -0.326 e. The molecule has 98 valence electrons. The van der Waals surface area contributed by atoms with E-state index in [-0.39, 0.29) is 17.8 Å². The first-order chi connectivity index (χ1) is 9.04. The van der Waals surface area contributed by atoms with Gasteiger partial charge >= 0.3 is 0 Å². The number of hydrogen-bond acceptors (Lipinski definition) is 4. The molecule has 0 bridgehead atoms. The van der Waals surface area contributed by atoms with Gasteiger partial charge in [0.25, 0.3) is 11.2 Å². The van der Waals surface area contributed by atoms with Crippen LogP contribution in [-0.2, 0) is 13.6 Å². The van der Waals surface area contributed by atoms with Gasteiger partial charge in [0.2, 0.25) is 0 Å². The molecule has 0 fully saturated rings. The van der Waals surface area contributed by atoms with Gasteiger partial charge in [0.05, 0.1) is 10.6 Å². The van der Waals surface area contributed by atoms with Crippen molar-refractivity contribution in [1.29, 1.82) is 0 Å². The van der Waals surface area contributed by atoms with Gasteiger partial charge in [-0.15, -0.1) is 0 Å². The summed E-state index contributed by atoms with van der Waals surface area (Å²) in [6.45, 7) is 0.169. The third kappa shape index (κ3) is 2.38. The number of nitrogens with zero attached hydrogens (tertiary/aromatic N) is 2. The van der Waals surface area contributed by atoms with Crippen molar-refractivity contribution in [3.63, 3.8) is 0 Å². The van der Waals surface area contributed by atoms with Crippen LogP contribution >= 0.6 is 0 Å². The number of pyridine rings is 1. The van der Waals surface area contributed by atoms with Gasteiger partial charge in [-0.1, -0.05) is 18.2 Å². The standard InChI is InChI=1S/C13H13N3O3/c1-15-12(6-5-10(8-14)13(15)17)9-3-2-4-11(7-9)16(18)19/h2-7H,8,14H2,1H3. The quantitative estimate of drug-likeness (QED) is 0.666. The molecule has 0 amide bonds. The lowest BCUT2D eigenvalue weighted by Crippen LogP contribution is -2.23. The molecule has 19 heavy (non-hydrogen) atoms. The van der Waals surface area contributed by atoms with Gasteiger partial charge in [0.1, 0.15) is 0 Å². The number of nitro benzene ring substituents is 1. The highest BCUT2D eigenvalue weighted by Gasteiger charge is 2.10. The average molecular weight is 259 g/mol. The molecule has 0 aliphatic rings. The maximum atomic E-state index is 12.0. The number of aromatic nitrogens is 1. The lowest BCUT2D eigenvalue weighted by molar-refractivity contribution is -0.384. The Morgan fingerprint density at radius 3 is 2.68 bits per heavy atom. The maximum absolute atomic E-state index is 12.0. The Balaban J connectivity index is 2.60. The van der Waals surface area contributed by atoms with E-state index >= 15 is 0 Å². The molecule has 1 aromatic heterocycles. The lowest BCUT2D eigenvalue weighted by atomic mass is 10.1. The van der Waals surface area contributed by atoms with E-state index in [9.17, 15) is 14.9 Å². The monoisotopic (exact) mass is 259 g/mol. The second kappa shape index (κ2) is 5.03. The summed E-state index contributed by atoms with van der Waals surface area (Å²) in [6, 6.07) is 9.56. The Morgan fingerprint density at radius 1 is 1.32 bits per heavy atom. The first kappa shape index (κ1) is 13.0. The first-order valence-corrected chi connectivity index (χ1v) is 5.68. The summed E-state index contributed by atoms with van der Waals surface area (Å²) in [6.07, 6.45) is 0. The normalized spacial score (nSPS) is 10.4. The number of benzene rings is 1. The number of non-ortho nitro benzene ring substituents is 1. The van der Waals surface area contributed by atoms with Crippen molar-refractivity contribution in [3.05, 3.63) is 62.4 Å². The molecule has 1 aromatic carbocycles. The molecule has 6 heteroatoms. The highest BCUT2D eigenvalue weighted by atomic mass is 16.6. The zero-order chi connectivity index (χ0) is 14.0. The van der Waals surface area contributed by atoms with Crippen molar-refractivity contribution < 1.29 is 4.92 Å². The smallest absolute Gasteiger partial charge is 0.270 e. The minimum atomic E-state index is -0.462. The summed E-state index contributed by atoms with van der Waals surface area (Å²) in [7, 11) is 1.62. The van der Waals surface area contributed by atoms with Crippen LogP contribution < -0.4 is 11.3 Å². The number of hydrogen-bond donors (Lipinski definition) is 1. The molecule has 0 atom stereocenters. The summed E-state index contributed by atoms with van der Waals surface area (Å²) in [4.78, 5) is 22.3. The van der Waals surface area contributed by atoms with Gasteiger partial charge in [0.15, 0.2) is 0 Å². The third-order valence-corrected chi connectivity index (χ3v) is 2.96. The molecule has 0 aliphatic heterocycles. The van der Waals surface area contributed by atoms with E-state index in [4.69, 9.17) is 5.73 Å². The maximum Gasteiger partial charge on any atom is 0.270 e. The summed E-state index contributed by atoms with van der Waals surface area (Å²) < 4.78 is 1.45. The molecule has 6 nitrogen and oxygen atoms in total. The van der Waals surface area contributed by atoms with Crippen molar-refractivity contribution in [3.8, 4) is 11.3 Å². The molecule has 0 spiro atoms. The van der Waals surface area contributed by atoms with Crippen molar-refractivity contribution in [2.24, 2.45) is 12.8 Å². The molecule has 0 saturated carbocycles. The van der Waals surface area contributed by atoms with Gasteiger partial charge in [-0.25, -0.2) is 0 Å². The van der Waals surface area contributed by atoms with Crippen LogP contribution in [0.4, 0.5) is 5.69 Å². The number of nitro groups is 1. The summed E-state index contributed by atoms with van der Waals surface area (Å²) >= 11 is 0. The highest BCUT2D eigenvalue weighted by Crippen LogP contribution is 2.22.